The number of anilines is 1. The molecule has 2 atom stereocenters. The summed E-state index contributed by atoms with van der Waals surface area (Å²) in [4.78, 5) is 16.2. The van der Waals surface area contributed by atoms with Crippen molar-refractivity contribution in [3.05, 3.63) is 54.1 Å². The predicted octanol–water partition coefficient (Wildman–Crippen LogP) is 3.92. The Morgan fingerprint density at radius 3 is 2.50 bits per heavy atom. The number of benzene rings is 2. The van der Waals surface area contributed by atoms with Gasteiger partial charge in [0.1, 0.15) is 0 Å². The molecule has 2 aromatic carbocycles. The van der Waals surface area contributed by atoms with Crippen LogP contribution in [0.25, 0.3) is 0 Å². The minimum absolute atomic E-state index is 0.155. The average Bonchev–Trinajstić information content (AvgIpc) is 3.34. The van der Waals surface area contributed by atoms with Gasteiger partial charge in [0.05, 0.1) is 13.2 Å². The molecule has 0 amide bonds. The number of ether oxygens (including phenoxy) is 3. The molecule has 1 heterocycles. The molecule has 1 aliphatic heterocycles. The number of nitrogens with zero attached hydrogens (tertiary/aromatic N) is 2. The zero-order valence-corrected chi connectivity index (χ0v) is 19.1. The fourth-order valence-electron chi connectivity index (χ4n) is 4.92. The zero-order chi connectivity index (χ0) is 22.3. The maximum Gasteiger partial charge on any atom is 0.167 e. The first-order chi connectivity index (χ1) is 15.7. The van der Waals surface area contributed by atoms with Gasteiger partial charge >= 0.3 is 0 Å². The van der Waals surface area contributed by atoms with Gasteiger partial charge in [0.2, 0.25) is 0 Å². The molecule has 2 fully saturated rings. The molecule has 1 saturated carbocycles. The number of aldehydes is 1. The normalized spacial score (nSPS) is 20.8. The summed E-state index contributed by atoms with van der Waals surface area (Å²) >= 11 is 0. The standard InChI is InChI=1S/C26H34N2O4/c1-30-24-13-12-21(17-25(24)32-23-10-6-7-11-23)27-14-15-28(26(19-29)31-2)22(18-27)16-20-8-4-3-5-9-20/h3-5,8-9,12-13,17,19,22-23,26H,6-7,10-11,14-16,18H2,1-2H3/t22?,26-/m0/s1. The Hall–Kier alpha value is -2.57. The van der Waals surface area contributed by atoms with Crippen LogP contribution in [0, 0.1) is 0 Å². The van der Waals surface area contributed by atoms with Crippen LogP contribution in [0.5, 0.6) is 11.5 Å². The van der Waals surface area contributed by atoms with E-state index in [2.05, 4.69) is 46.2 Å². The first-order valence-electron chi connectivity index (χ1n) is 11.6. The summed E-state index contributed by atoms with van der Waals surface area (Å²) < 4.78 is 17.4. The van der Waals surface area contributed by atoms with Crippen LogP contribution >= 0.6 is 0 Å². The quantitative estimate of drug-likeness (QED) is 0.553. The molecule has 0 radical (unpaired) electrons. The van der Waals surface area contributed by atoms with Crippen LogP contribution in [-0.2, 0) is 16.0 Å². The Morgan fingerprint density at radius 2 is 1.81 bits per heavy atom. The van der Waals surface area contributed by atoms with Crippen LogP contribution in [-0.4, -0.2) is 63.4 Å². The van der Waals surface area contributed by atoms with Gasteiger partial charge in [-0.25, -0.2) is 0 Å². The number of methoxy groups -OCH3 is 2. The number of hydrogen-bond acceptors (Lipinski definition) is 6. The summed E-state index contributed by atoms with van der Waals surface area (Å²) in [5, 5.41) is 0. The van der Waals surface area contributed by atoms with Gasteiger partial charge in [-0.3, -0.25) is 9.69 Å². The van der Waals surface area contributed by atoms with Crippen molar-refractivity contribution >= 4 is 12.0 Å². The van der Waals surface area contributed by atoms with E-state index in [1.807, 2.05) is 12.1 Å². The summed E-state index contributed by atoms with van der Waals surface area (Å²) in [6.07, 6.45) is 6.17. The molecule has 172 valence electrons. The van der Waals surface area contributed by atoms with Gasteiger partial charge in [-0.15, -0.1) is 0 Å². The van der Waals surface area contributed by atoms with E-state index in [9.17, 15) is 4.79 Å². The van der Waals surface area contributed by atoms with Crippen LogP contribution in [0.1, 0.15) is 31.2 Å². The van der Waals surface area contributed by atoms with Gasteiger partial charge in [-0.05, 0) is 49.8 Å². The predicted molar refractivity (Wildman–Crippen MR) is 126 cm³/mol. The first kappa shape index (κ1) is 22.6. The zero-order valence-electron chi connectivity index (χ0n) is 19.1. The van der Waals surface area contributed by atoms with E-state index in [-0.39, 0.29) is 12.1 Å². The number of rotatable bonds is 9. The highest BCUT2D eigenvalue weighted by Crippen LogP contribution is 2.36. The molecular formula is C26H34N2O4. The lowest BCUT2D eigenvalue weighted by molar-refractivity contribution is -0.131. The Balaban J connectivity index is 1.55. The third-order valence-corrected chi connectivity index (χ3v) is 6.64. The monoisotopic (exact) mass is 438 g/mol. The van der Waals surface area contributed by atoms with Crippen molar-refractivity contribution in [1.29, 1.82) is 0 Å². The van der Waals surface area contributed by atoms with Crippen molar-refractivity contribution in [1.82, 2.24) is 4.90 Å². The number of piperazine rings is 1. The topological polar surface area (TPSA) is 51.2 Å². The van der Waals surface area contributed by atoms with E-state index in [0.717, 1.165) is 62.4 Å². The molecule has 0 spiro atoms. The van der Waals surface area contributed by atoms with Crippen molar-refractivity contribution in [2.45, 2.75) is 50.5 Å². The molecule has 6 heteroatoms. The molecule has 6 nitrogen and oxygen atoms in total. The van der Waals surface area contributed by atoms with Crippen molar-refractivity contribution in [2.24, 2.45) is 0 Å². The maximum absolute atomic E-state index is 11.7. The van der Waals surface area contributed by atoms with Gasteiger partial charge in [-0.2, -0.15) is 0 Å². The third-order valence-electron chi connectivity index (χ3n) is 6.64. The minimum atomic E-state index is -0.525. The average molecular weight is 439 g/mol. The van der Waals surface area contributed by atoms with Gasteiger partial charge in [0, 0.05) is 44.5 Å². The smallest absolute Gasteiger partial charge is 0.167 e. The fraction of sp³-hybridized carbons (Fsp3) is 0.500. The Bertz CT molecular complexity index is 869. The summed E-state index contributed by atoms with van der Waals surface area (Å²) in [6, 6.07) is 16.8. The molecule has 0 bridgehead atoms. The van der Waals surface area contributed by atoms with Gasteiger partial charge in [-0.1, -0.05) is 30.3 Å². The van der Waals surface area contributed by atoms with Crippen molar-refractivity contribution < 1.29 is 19.0 Å². The summed E-state index contributed by atoms with van der Waals surface area (Å²) in [7, 11) is 3.29. The van der Waals surface area contributed by atoms with Crippen LogP contribution in [0.2, 0.25) is 0 Å². The van der Waals surface area contributed by atoms with Gasteiger partial charge in [0.15, 0.2) is 24.0 Å². The maximum atomic E-state index is 11.7. The van der Waals surface area contributed by atoms with Crippen molar-refractivity contribution in [3.63, 3.8) is 0 Å². The number of carbonyl (C=O) groups is 1. The second-order valence-electron chi connectivity index (χ2n) is 8.65. The molecule has 2 aliphatic rings. The lowest BCUT2D eigenvalue weighted by Gasteiger charge is -2.44. The Kier molecular flexibility index (Phi) is 7.66. The van der Waals surface area contributed by atoms with Crippen LogP contribution in [0.15, 0.2) is 48.5 Å². The van der Waals surface area contributed by atoms with Crippen LogP contribution < -0.4 is 14.4 Å². The fourth-order valence-corrected chi connectivity index (χ4v) is 4.92. The minimum Gasteiger partial charge on any atom is -0.493 e. The summed E-state index contributed by atoms with van der Waals surface area (Å²) in [5.74, 6) is 1.60. The Morgan fingerprint density at radius 1 is 1.03 bits per heavy atom. The molecule has 1 saturated heterocycles. The van der Waals surface area contributed by atoms with E-state index in [0.29, 0.717) is 0 Å². The molecule has 1 aliphatic carbocycles. The molecule has 2 aromatic rings. The van der Waals surface area contributed by atoms with E-state index >= 15 is 0 Å². The van der Waals surface area contributed by atoms with Crippen LogP contribution in [0.3, 0.4) is 0 Å². The van der Waals surface area contributed by atoms with E-state index in [1.54, 1.807) is 14.2 Å². The molecule has 1 unspecified atom stereocenters. The first-order valence-corrected chi connectivity index (χ1v) is 11.6. The highest BCUT2D eigenvalue weighted by atomic mass is 16.5. The lowest BCUT2D eigenvalue weighted by atomic mass is 10.0. The highest BCUT2D eigenvalue weighted by molar-refractivity contribution is 5.58. The van der Waals surface area contributed by atoms with Crippen molar-refractivity contribution in [2.75, 3.05) is 38.8 Å². The molecule has 0 N–H and O–H groups in total. The van der Waals surface area contributed by atoms with Gasteiger partial charge < -0.3 is 19.1 Å². The molecule has 0 aromatic heterocycles. The highest BCUT2D eigenvalue weighted by Gasteiger charge is 2.32. The molecule has 32 heavy (non-hydrogen) atoms. The van der Waals surface area contributed by atoms with E-state index in [4.69, 9.17) is 14.2 Å². The second-order valence-corrected chi connectivity index (χ2v) is 8.65. The number of hydrogen-bond donors (Lipinski definition) is 0. The lowest BCUT2D eigenvalue weighted by Crippen LogP contribution is -2.58. The van der Waals surface area contributed by atoms with Crippen LogP contribution in [0.4, 0.5) is 5.69 Å². The van der Waals surface area contributed by atoms with E-state index < -0.39 is 6.23 Å². The Labute approximate surface area is 191 Å². The summed E-state index contributed by atoms with van der Waals surface area (Å²) in [6.45, 7) is 2.37. The third kappa shape index (κ3) is 5.25. The van der Waals surface area contributed by atoms with Gasteiger partial charge in [0.25, 0.3) is 0 Å². The molecule has 4 rings (SSSR count). The number of carbonyl (C=O) groups excluding carboxylic acids is 1. The largest absolute Gasteiger partial charge is 0.493 e. The SMILES string of the molecule is COc1ccc(N2CCN([C@H](C=O)OC)C(Cc3ccccc3)C2)cc1OC1CCCC1. The van der Waals surface area contributed by atoms with E-state index in [1.165, 1.54) is 18.4 Å². The van der Waals surface area contributed by atoms with Crippen molar-refractivity contribution in [3.8, 4) is 11.5 Å². The molecular weight excluding hydrogens is 404 g/mol. The second kappa shape index (κ2) is 10.8. The summed E-state index contributed by atoms with van der Waals surface area (Å²) in [5.41, 5.74) is 2.38.